The second-order valence-electron chi connectivity index (χ2n) is 4.65. The Kier molecular flexibility index (Phi) is 3.05. The fourth-order valence-electron chi connectivity index (χ4n) is 2.42. The molecule has 0 radical (unpaired) electrons. The lowest BCUT2D eigenvalue weighted by atomic mass is 10.1. The monoisotopic (exact) mass is 255 g/mol. The minimum Gasteiger partial charge on any atom is -0.361 e. The lowest BCUT2D eigenvalue weighted by Gasteiger charge is -2.11. The summed E-state index contributed by atoms with van der Waals surface area (Å²) in [7, 11) is 0. The second kappa shape index (κ2) is 4.85. The zero-order chi connectivity index (χ0) is 13.2. The Hall–Kier alpha value is -2.14. The maximum absolute atomic E-state index is 6.26. The third kappa shape index (κ3) is 2.13. The first-order chi connectivity index (χ1) is 9.29. The van der Waals surface area contributed by atoms with Crippen LogP contribution in [0.5, 0.6) is 0 Å². The summed E-state index contributed by atoms with van der Waals surface area (Å²) in [6.45, 7) is 2.90. The number of aryl methyl sites for hydroxylation is 1. The zero-order valence-corrected chi connectivity index (χ0v) is 10.9. The molecule has 0 amide bonds. The Morgan fingerprint density at radius 1 is 1.37 bits per heavy atom. The molecule has 5 nitrogen and oxygen atoms in total. The van der Waals surface area contributed by atoms with E-state index in [1.54, 1.807) is 6.33 Å². The van der Waals surface area contributed by atoms with Gasteiger partial charge in [0, 0.05) is 23.6 Å². The molecule has 3 N–H and O–H groups in total. The predicted molar refractivity (Wildman–Crippen MR) is 74.6 cm³/mol. The van der Waals surface area contributed by atoms with E-state index in [1.165, 1.54) is 10.9 Å². The van der Waals surface area contributed by atoms with E-state index in [2.05, 4.69) is 34.2 Å². The van der Waals surface area contributed by atoms with Gasteiger partial charge in [0.1, 0.15) is 12.2 Å². The Bertz CT molecular complexity index is 682. The summed E-state index contributed by atoms with van der Waals surface area (Å²) in [4.78, 5) is 3.27. The molecule has 0 bridgehead atoms. The largest absolute Gasteiger partial charge is 0.361 e. The molecular weight excluding hydrogens is 238 g/mol. The minimum absolute atomic E-state index is 0.137. The van der Waals surface area contributed by atoms with Crippen molar-refractivity contribution in [2.75, 3.05) is 0 Å². The Balaban J connectivity index is 1.89. The molecule has 3 aromatic rings. The number of H-pyrrole nitrogens is 1. The topological polar surface area (TPSA) is 72.5 Å². The van der Waals surface area contributed by atoms with Crippen LogP contribution in [-0.4, -0.2) is 19.7 Å². The number of nitrogens with two attached hydrogens (primary N) is 1. The molecule has 0 aliphatic carbocycles. The molecule has 1 aromatic carbocycles. The average Bonchev–Trinajstić information content (AvgIpc) is 3.05. The van der Waals surface area contributed by atoms with Crippen LogP contribution in [-0.2, 0) is 13.0 Å². The van der Waals surface area contributed by atoms with Crippen LogP contribution in [0.15, 0.2) is 36.8 Å². The maximum atomic E-state index is 6.26. The Morgan fingerprint density at radius 2 is 2.21 bits per heavy atom. The van der Waals surface area contributed by atoms with Crippen molar-refractivity contribution in [2.24, 2.45) is 5.73 Å². The fourth-order valence-corrected chi connectivity index (χ4v) is 2.42. The molecule has 0 fully saturated rings. The molecule has 2 heterocycles. The van der Waals surface area contributed by atoms with Crippen LogP contribution in [0.2, 0.25) is 0 Å². The number of nitrogens with one attached hydrogen (secondary N) is 1. The van der Waals surface area contributed by atoms with Gasteiger partial charge in [-0.3, -0.25) is 0 Å². The van der Waals surface area contributed by atoms with Crippen molar-refractivity contribution >= 4 is 10.9 Å². The SMILES string of the molecule is CCn1cnnc1[C@H](N)Cc1c[nH]c2ccccc12. The molecule has 0 spiro atoms. The van der Waals surface area contributed by atoms with E-state index in [0.29, 0.717) is 0 Å². The highest BCUT2D eigenvalue weighted by atomic mass is 15.3. The molecule has 0 saturated heterocycles. The van der Waals surface area contributed by atoms with Crippen LogP contribution < -0.4 is 5.73 Å². The molecular formula is C14H17N5. The van der Waals surface area contributed by atoms with Gasteiger partial charge in [0.25, 0.3) is 0 Å². The molecule has 5 heteroatoms. The van der Waals surface area contributed by atoms with Crippen LogP contribution in [0.3, 0.4) is 0 Å². The average molecular weight is 255 g/mol. The third-order valence-corrected chi connectivity index (χ3v) is 3.43. The number of aromatic nitrogens is 4. The van der Waals surface area contributed by atoms with E-state index < -0.39 is 0 Å². The van der Waals surface area contributed by atoms with Crippen LogP contribution >= 0.6 is 0 Å². The van der Waals surface area contributed by atoms with E-state index in [4.69, 9.17) is 5.73 Å². The van der Waals surface area contributed by atoms with Gasteiger partial charge in [-0.25, -0.2) is 0 Å². The Morgan fingerprint density at radius 3 is 3.05 bits per heavy atom. The molecule has 98 valence electrons. The van der Waals surface area contributed by atoms with Crippen molar-refractivity contribution in [2.45, 2.75) is 25.9 Å². The predicted octanol–water partition coefficient (Wildman–Crippen LogP) is 2.02. The Labute approximate surface area is 111 Å². The van der Waals surface area contributed by atoms with Crippen LogP contribution in [0, 0.1) is 0 Å². The first kappa shape index (κ1) is 11.9. The van der Waals surface area contributed by atoms with E-state index in [9.17, 15) is 0 Å². The number of hydrogen-bond donors (Lipinski definition) is 2. The number of aromatic amines is 1. The molecule has 3 rings (SSSR count). The quantitative estimate of drug-likeness (QED) is 0.749. The summed E-state index contributed by atoms with van der Waals surface area (Å²) in [6.07, 6.45) is 4.50. The van der Waals surface area contributed by atoms with E-state index in [0.717, 1.165) is 24.3 Å². The molecule has 1 atom stereocenters. The van der Waals surface area contributed by atoms with Crippen molar-refractivity contribution in [1.82, 2.24) is 19.7 Å². The third-order valence-electron chi connectivity index (χ3n) is 3.43. The van der Waals surface area contributed by atoms with Crippen LogP contribution in [0.1, 0.15) is 24.4 Å². The lowest BCUT2D eigenvalue weighted by Crippen LogP contribution is -2.18. The molecule has 2 aromatic heterocycles. The van der Waals surface area contributed by atoms with E-state index in [1.807, 2.05) is 22.9 Å². The number of rotatable bonds is 4. The van der Waals surface area contributed by atoms with Crippen molar-refractivity contribution < 1.29 is 0 Å². The normalized spacial score (nSPS) is 12.9. The summed E-state index contributed by atoms with van der Waals surface area (Å²) in [5.41, 5.74) is 8.62. The number of hydrogen-bond acceptors (Lipinski definition) is 3. The zero-order valence-electron chi connectivity index (χ0n) is 10.9. The summed E-state index contributed by atoms with van der Waals surface area (Å²) >= 11 is 0. The van der Waals surface area contributed by atoms with Crippen LogP contribution in [0.4, 0.5) is 0 Å². The number of para-hydroxylation sites is 1. The van der Waals surface area contributed by atoms with Gasteiger partial charge in [-0.1, -0.05) is 18.2 Å². The van der Waals surface area contributed by atoms with Crippen LogP contribution in [0.25, 0.3) is 10.9 Å². The van der Waals surface area contributed by atoms with Crippen molar-refractivity contribution in [3.8, 4) is 0 Å². The van der Waals surface area contributed by atoms with Gasteiger partial charge in [-0.15, -0.1) is 10.2 Å². The molecule has 0 saturated carbocycles. The molecule has 0 aliphatic heterocycles. The molecule has 19 heavy (non-hydrogen) atoms. The number of benzene rings is 1. The van der Waals surface area contributed by atoms with Gasteiger partial charge in [0.05, 0.1) is 6.04 Å². The van der Waals surface area contributed by atoms with Gasteiger partial charge in [-0.05, 0) is 25.0 Å². The highest BCUT2D eigenvalue weighted by molar-refractivity contribution is 5.83. The van der Waals surface area contributed by atoms with Gasteiger partial charge < -0.3 is 15.3 Å². The highest BCUT2D eigenvalue weighted by Crippen LogP contribution is 2.22. The minimum atomic E-state index is -0.137. The molecule has 0 aliphatic rings. The lowest BCUT2D eigenvalue weighted by molar-refractivity contribution is 0.600. The standard InChI is InChI=1S/C14H17N5/c1-2-19-9-17-18-14(19)12(15)7-10-8-16-13-6-4-3-5-11(10)13/h3-6,8-9,12,16H,2,7,15H2,1H3/t12-/m1/s1. The van der Waals surface area contributed by atoms with Gasteiger partial charge in [-0.2, -0.15) is 0 Å². The second-order valence-corrected chi connectivity index (χ2v) is 4.65. The van der Waals surface area contributed by atoms with E-state index >= 15 is 0 Å². The summed E-state index contributed by atoms with van der Waals surface area (Å²) in [5, 5.41) is 9.28. The van der Waals surface area contributed by atoms with Crippen molar-refractivity contribution in [3.63, 3.8) is 0 Å². The summed E-state index contributed by atoms with van der Waals surface area (Å²) < 4.78 is 1.99. The number of nitrogens with zero attached hydrogens (tertiary/aromatic N) is 3. The fraction of sp³-hybridized carbons (Fsp3) is 0.286. The van der Waals surface area contributed by atoms with Crippen molar-refractivity contribution in [1.29, 1.82) is 0 Å². The maximum Gasteiger partial charge on any atom is 0.150 e. The van der Waals surface area contributed by atoms with Gasteiger partial charge in [0.15, 0.2) is 0 Å². The smallest absolute Gasteiger partial charge is 0.150 e. The van der Waals surface area contributed by atoms with Gasteiger partial charge >= 0.3 is 0 Å². The number of fused-ring (bicyclic) bond motifs is 1. The van der Waals surface area contributed by atoms with Crippen molar-refractivity contribution in [3.05, 3.63) is 48.2 Å². The molecule has 0 unspecified atom stereocenters. The summed E-state index contributed by atoms with van der Waals surface area (Å²) in [6, 6.07) is 8.11. The first-order valence-electron chi connectivity index (χ1n) is 6.48. The van der Waals surface area contributed by atoms with E-state index in [-0.39, 0.29) is 6.04 Å². The first-order valence-corrected chi connectivity index (χ1v) is 6.48. The highest BCUT2D eigenvalue weighted by Gasteiger charge is 2.15. The van der Waals surface area contributed by atoms with Gasteiger partial charge in [0.2, 0.25) is 0 Å². The summed E-state index contributed by atoms with van der Waals surface area (Å²) in [5.74, 6) is 0.841.